The number of hydrogen-bond acceptors (Lipinski definition) is 3. The van der Waals surface area contributed by atoms with E-state index in [0.29, 0.717) is 17.4 Å². The van der Waals surface area contributed by atoms with E-state index in [9.17, 15) is 4.79 Å². The maximum Gasteiger partial charge on any atom is 0.338 e. The van der Waals surface area contributed by atoms with Crippen molar-refractivity contribution in [2.45, 2.75) is 53.6 Å². The highest BCUT2D eigenvalue weighted by Crippen LogP contribution is 2.68. The first-order chi connectivity index (χ1) is 11.8. The van der Waals surface area contributed by atoms with Crippen molar-refractivity contribution in [1.29, 1.82) is 0 Å². The van der Waals surface area contributed by atoms with Gasteiger partial charge in [-0.15, -0.1) is 12.4 Å². The summed E-state index contributed by atoms with van der Waals surface area (Å²) in [5, 5.41) is 0. The molecule has 3 nitrogen and oxygen atoms in total. The van der Waals surface area contributed by atoms with Crippen molar-refractivity contribution < 1.29 is 9.53 Å². The van der Waals surface area contributed by atoms with Gasteiger partial charge in [0.05, 0.1) is 5.56 Å². The van der Waals surface area contributed by atoms with E-state index < -0.39 is 0 Å². The highest BCUT2D eigenvalue weighted by atomic mass is 35.5. The summed E-state index contributed by atoms with van der Waals surface area (Å²) in [6, 6.07) is 9.43. The first kappa shape index (κ1) is 21.2. The Labute approximate surface area is 164 Å². The third-order valence-corrected chi connectivity index (χ3v) is 7.51. The number of esters is 1. The second-order valence-electron chi connectivity index (χ2n) is 8.63. The molecule has 26 heavy (non-hydrogen) atoms. The zero-order chi connectivity index (χ0) is 18.2. The van der Waals surface area contributed by atoms with Crippen LogP contribution >= 0.6 is 12.4 Å². The fraction of sp³-hybridized carbons (Fsp3) is 0.682. The van der Waals surface area contributed by atoms with Crippen molar-refractivity contribution in [2.24, 2.45) is 22.7 Å². The molecule has 0 spiro atoms. The van der Waals surface area contributed by atoms with Gasteiger partial charge < -0.3 is 9.64 Å². The minimum Gasteiger partial charge on any atom is -0.458 e. The van der Waals surface area contributed by atoms with Crippen molar-refractivity contribution in [3.05, 3.63) is 35.9 Å². The predicted molar refractivity (Wildman–Crippen MR) is 109 cm³/mol. The Kier molecular flexibility index (Phi) is 6.45. The number of halogens is 1. The Hall–Kier alpha value is -1.06. The number of fused-ring (bicyclic) bond motifs is 2. The van der Waals surface area contributed by atoms with Crippen LogP contribution in [-0.4, -0.2) is 36.6 Å². The molecule has 4 unspecified atom stereocenters. The molecule has 0 saturated heterocycles. The number of ether oxygens (including phenoxy) is 1. The minimum absolute atomic E-state index is 0. The maximum atomic E-state index is 12.8. The van der Waals surface area contributed by atoms with Gasteiger partial charge in [-0.05, 0) is 49.4 Å². The molecule has 2 saturated carbocycles. The smallest absolute Gasteiger partial charge is 0.338 e. The summed E-state index contributed by atoms with van der Waals surface area (Å²) < 4.78 is 6.21. The molecule has 0 radical (unpaired) electrons. The summed E-state index contributed by atoms with van der Waals surface area (Å²) in [6.45, 7) is 14.7. The molecule has 2 bridgehead atoms. The van der Waals surface area contributed by atoms with Gasteiger partial charge in [0, 0.05) is 17.9 Å². The Bertz CT molecular complexity index is 614. The molecule has 4 atom stereocenters. The number of hydrogen-bond donors (Lipinski definition) is 0. The second-order valence-corrected chi connectivity index (χ2v) is 8.63. The molecule has 2 fully saturated rings. The van der Waals surface area contributed by atoms with E-state index in [4.69, 9.17) is 4.74 Å². The molecule has 1 aromatic carbocycles. The number of nitrogens with zero attached hydrogens (tertiary/aromatic N) is 1. The topological polar surface area (TPSA) is 29.5 Å². The van der Waals surface area contributed by atoms with Crippen molar-refractivity contribution >= 4 is 18.4 Å². The van der Waals surface area contributed by atoms with Gasteiger partial charge in [0.25, 0.3) is 0 Å². The van der Waals surface area contributed by atoms with Crippen molar-refractivity contribution in [2.75, 3.05) is 19.6 Å². The Balaban J connectivity index is 0.00000243. The number of carbonyl (C=O) groups is 1. The van der Waals surface area contributed by atoms with Gasteiger partial charge in [-0.1, -0.05) is 52.8 Å². The zero-order valence-electron chi connectivity index (χ0n) is 16.8. The first-order valence-corrected chi connectivity index (χ1v) is 9.83. The normalized spacial score (nSPS) is 31.7. The van der Waals surface area contributed by atoms with E-state index in [-0.39, 0.29) is 35.3 Å². The van der Waals surface area contributed by atoms with E-state index in [1.54, 1.807) is 0 Å². The molecule has 0 amide bonds. The Morgan fingerprint density at radius 3 is 2.35 bits per heavy atom. The van der Waals surface area contributed by atoms with Crippen LogP contribution in [0.15, 0.2) is 30.3 Å². The Morgan fingerprint density at radius 2 is 1.77 bits per heavy atom. The van der Waals surface area contributed by atoms with E-state index in [2.05, 4.69) is 39.5 Å². The molecule has 4 heteroatoms. The molecule has 2 aliphatic rings. The van der Waals surface area contributed by atoms with Gasteiger partial charge in [-0.3, -0.25) is 0 Å². The molecule has 0 N–H and O–H groups in total. The molecule has 2 aliphatic carbocycles. The molecular weight excluding hydrogens is 346 g/mol. The lowest BCUT2D eigenvalue weighted by molar-refractivity contribution is -0.0456. The third kappa shape index (κ3) is 3.29. The molecule has 0 heterocycles. The van der Waals surface area contributed by atoms with E-state index in [0.717, 1.165) is 26.1 Å². The minimum atomic E-state index is -0.167. The summed E-state index contributed by atoms with van der Waals surface area (Å²) in [5.74, 6) is 0.896. The average Bonchev–Trinajstić information content (AvgIpc) is 2.93. The largest absolute Gasteiger partial charge is 0.458 e. The van der Waals surface area contributed by atoms with Crippen LogP contribution in [0.4, 0.5) is 0 Å². The zero-order valence-corrected chi connectivity index (χ0v) is 17.6. The molecule has 146 valence electrons. The SMILES string of the molecule is CCN(CC)CC1C2CCC(C)(C1OC(=O)c1ccccc1)C2(C)C.Cl. The first-order valence-electron chi connectivity index (χ1n) is 9.83. The number of rotatable bonds is 6. The van der Waals surface area contributed by atoms with Crippen LogP contribution in [0.2, 0.25) is 0 Å². The summed E-state index contributed by atoms with van der Waals surface area (Å²) in [5.41, 5.74) is 0.945. The van der Waals surface area contributed by atoms with Crippen LogP contribution in [0.1, 0.15) is 57.8 Å². The fourth-order valence-corrected chi connectivity index (χ4v) is 5.48. The van der Waals surface area contributed by atoms with Crippen LogP contribution in [0.5, 0.6) is 0 Å². The monoisotopic (exact) mass is 379 g/mol. The van der Waals surface area contributed by atoms with Crippen LogP contribution < -0.4 is 0 Å². The maximum absolute atomic E-state index is 12.8. The van der Waals surface area contributed by atoms with Crippen molar-refractivity contribution in [3.63, 3.8) is 0 Å². The van der Waals surface area contributed by atoms with Gasteiger partial charge in [0.1, 0.15) is 6.10 Å². The summed E-state index contributed by atoms with van der Waals surface area (Å²) in [4.78, 5) is 15.2. The molecular formula is C22H34ClNO2. The van der Waals surface area contributed by atoms with Crippen LogP contribution in [-0.2, 0) is 4.74 Å². The van der Waals surface area contributed by atoms with E-state index in [1.165, 1.54) is 6.42 Å². The molecule has 0 aromatic heterocycles. The fourth-order valence-electron chi connectivity index (χ4n) is 5.48. The third-order valence-electron chi connectivity index (χ3n) is 7.51. The van der Waals surface area contributed by atoms with Crippen LogP contribution in [0.3, 0.4) is 0 Å². The van der Waals surface area contributed by atoms with Gasteiger partial charge in [0.2, 0.25) is 0 Å². The quantitative estimate of drug-likeness (QED) is 0.648. The number of carbonyl (C=O) groups excluding carboxylic acids is 1. The Morgan fingerprint density at radius 1 is 1.15 bits per heavy atom. The standard InChI is InChI=1S/C22H33NO2.ClH/c1-6-23(7-2)15-17-18-13-14-22(5,21(18,3)4)19(17)25-20(24)16-11-9-8-10-12-16;/h8-12,17-19H,6-7,13-15H2,1-5H3;1H. The lowest BCUT2D eigenvalue weighted by Gasteiger charge is -2.40. The lowest BCUT2D eigenvalue weighted by Crippen LogP contribution is -2.44. The average molecular weight is 380 g/mol. The van der Waals surface area contributed by atoms with Gasteiger partial charge in [-0.25, -0.2) is 4.79 Å². The molecule has 0 aliphatic heterocycles. The van der Waals surface area contributed by atoms with Gasteiger partial charge in [-0.2, -0.15) is 0 Å². The summed E-state index contributed by atoms with van der Waals surface area (Å²) >= 11 is 0. The van der Waals surface area contributed by atoms with E-state index >= 15 is 0 Å². The lowest BCUT2D eigenvalue weighted by atomic mass is 9.70. The van der Waals surface area contributed by atoms with Gasteiger partial charge >= 0.3 is 5.97 Å². The van der Waals surface area contributed by atoms with Crippen molar-refractivity contribution in [1.82, 2.24) is 4.90 Å². The number of benzene rings is 1. The predicted octanol–water partition coefficient (Wildman–Crippen LogP) is 5.05. The highest BCUT2D eigenvalue weighted by Gasteiger charge is 2.67. The van der Waals surface area contributed by atoms with Crippen molar-refractivity contribution in [3.8, 4) is 0 Å². The highest BCUT2D eigenvalue weighted by molar-refractivity contribution is 5.89. The molecule has 1 aromatic rings. The summed E-state index contributed by atoms with van der Waals surface area (Å²) in [7, 11) is 0. The van der Waals surface area contributed by atoms with Crippen LogP contribution in [0.25, 0.3) is 0 Å². The summed E-state index contributed by atoms with van der Waals surface area (Å²) in [6.07, 6.45) is 2.43. The van der Waals surface area contributed by atoms with Gasteiger partial charge in [0.15, 0.2) is 0 Å². The molecule has 3 rings (SSSR count). The van der Waals surface area contributed by atoms with Crippen LogP contribution in [0, 0.1) is 22.7 Å². The van der Waals surface area contributed by atoms with E-state index in [1.807, 2.05) is 30.3 Å². The second kappa shape index (κ2) is 7.90.